The Labute approximate surface area is 82.1 Å². The van der Waals surface area contributed by atoms with Gasteiger partial charge in [-0.2, -0.15) is 8.42 Å². The first kappa shape index (κ1) is 16.6. The Bertz CT molecular complexity index is 141. The van der Waals surface area contributed by atoms with Gasteiger partial charge in [-0.05, 0) is 6.92 Å². The van der Waals surface area contributed by atoms with Crippen LogP contribution >= 0.6 is 12.4 Å². The van der Waals surface area contributed by atoms with Crippen molar-refractivity contribution in [2.75, 3.05) is 0 Å². The summed E-state index contributed by atoms with van der Waals surface area (Å²) >= 11 is 0. The van der Waals surface area contributed by atoms with E-state index in [1.165, 1.54) is 0 Å². The van der Waals surface area contributed by atoms with Gasteiger partial charge in [0, 0.05) is 0 Å². The van der Waals surface area contributed by atoms with Gasteiger partial charge in [-0.3, -0.25) is 4.55 Å². The van der Waals surface area contributed by atoms with Crippen molar-refractivity contribution < 1.29 is 18.1 Å². The molecule has 0 bridgehead atoms. The Kier molecular flexibility index (Phi) is 10.9. The summed E-state index contributed by atoms with van der Waals surface area (Å²) in [6.45, 7) is 0.968. The molecule has 0 saturated carbocycles. The molecule has 0 aliphatic rings. The molecule has 1 unspecified atom stereocenters. The Balaban J connectivity index is -0.000000180. The predicted molar refractivity (Wildman–Crippen MR) is 37.6 cm³/mol. The zero-order valence-corrected chi connectivity index (χ0v) is 5.74. The molecule has 0 heterocycles. The fourth-order valence-electron chi connectivity index (χ4n) is 0. The van der Waals surface area contributed by atoms with Gasteiger partial charge in [0.1, 0.15) is 0 Å². The van der Waals surface area contributed by atoms with Gasteiger partial charge in [-0.15, -0.1) is 12.4 Å². The van der Waals surface area contributed by atoms with Crippen LogP contribution in [0.5, 0.6) is 0 Å². The second-order valence-electron chi connectivity index (χ2n) is 1.11. The van der Waals surface area contributed by atoms with Gasteiger partial charge < -0.3 is 5.11 Å². The van der Waals surface area contributed by atoms with E-state index in [1.54, 1.807) is 0 Å². The molecule has 0 fully saturated rings. The van der Waals surface area contributed by atoms with Crippen LogP contribution in [0.3, 0.4) is 0 Å². The maximum atomic E-state index is 9.64. The molecule has 0 aromatic rings. The number of aliphatic hydroxyl groups is 1. The van der Waals surface area contributed by atoms with Gasteiger partial charge in [0.15, 0.2) is 5.44 Å². The summed E-state index contributed by atoms with van der Waals surface area (Å²) < 4.78 is 27.1. The van der Waals surface area contributed by atoms with Crippen LogP contribution in [0.25, 0.3) is 0 Å². The van der Waals surface area contributed by atoms with Crippen LogP contribution < -0.4 is 0 Å². The molecule has 0 saturated heterocycles. The van der Waals surface area contributed by atoms with Crippen molar-refractivity contribution in [2.45, 2.75) is 12.4 Å². The monoisotopic (exact) mass is 186 g/mol. The number of hydrogen-bond acceptors (Lipinski definition) is 3. The van der Waals surface area contributed by atoms with Crippen LogP contribution in [0.4, 0.5) is 0 Å². The molecule has 0 aromatic heterocycles. The van der Waals surface area contributed by atoms with E-state index >= 15 is 0 Å². The van der Waals surface area contributed by atoms with E-state index < -0.39 is 15.6 Å². The van der Waals surface area contributed by atoms with E-state index in [0.717, 1.165) is 6.92 Å². The quantitative estimate of drug-likeness (QED) is 0.406. The molecule has 0 aliphatic heterocycles. The summed E-state index contributed by atoms with van der Waals surface area (Å²) in [6.07, 6.45) is 0. The van der Waals surface area contributed by atoms with E-state index in [0.29, 0.717) is 0 Å². The van der Waals surface area contributed by atoms with E-state index in [-0.39, 0.29) is 42.0 Å². The first-order valence-corrected chi connectivity index (χ1v) is 3.09. The van der Waals surface area contributed by atoms with Crippen molar-refractivity contribution in [3.05, 3.63) is 0 Å². The van der Waals surface area contributed by atoms with Crippen LogP contribution in [0.1, 0.15) is 6.92 Å². The Morgan fingerprint density at radius 3 is 1.56 bits per heavy atom. The average Bonchev–Trinajstić information content (AvgIpc) is 1.31. The second kappa shape index (κ2) is 5.91. The van der Waals surface area contributed by atoms with Crippen LogP contribution in [0.2, 0.25) is 0 Å². The molecule has 1 atom stereocenters. The molecule has 0 rings (SSSR count). The van der Waals surface area contributed by atoms with E-state index in [4.69, 9.17) is 9.66 Å². The first-order chi connectivity index (χ1) is 2.94. The minimum absolute atomic E-state index is 0. The topological polar surface area (TPSA) is 74.6 Å². The molecule has 0 spiro atoms. The van der Waals surface area contributed by atoms with Crippen LogP contribution in [-0.4, -0.2) is 53.1 Å². The molecule has 2 N–H and O–H groups in total. The third-order valence-electron chi connectivity index (χ3n) is 0.431. The number of halogens is 1. The van der Waals surface area contributed by atoms with Gasteiger partial charge in [0.2, 0.25) is 0 Å². The second-order valence-corrected chi connectivity index (χ2v) is 2.83. The molecule has 4 nitrogen and oxygen atoms in total. The molecule has 54 valence electrons. The number of aliphatic hydroxyl groups excluding tert-OH is 1. The van der Waals surface area contributed by atoms with E-state index in [9.17, 15) is 8.42 Å². The molecule has 0 aromatic carbocycles. The SMILES string of the molecule is CC(O)S(=O)(=O)O.Cl.[NaH]. The molecule has 0 amide bonds. The van der Waals surface area contributed by atoms with Crippen molar-refractivity contribution in [1.29, 1.82) is 0 Å². The molecular formula is C2H8ClNaO4S. The molecular weight excluding hydrogens is 179 g/mol. The zero-order valence-electron chi connectivity index (χ0n) is 4.10. The molecule has 9 heavy (non-hydrogen) atoms. The van der Waals surface area contributed by atoms with Crippen LogP contribution in [0.15, 0.2) is 0 Å². The molecule has 0 radical (unpaired) electrons. The van der Waals surface area contributed by atoms with Crippen LogP contribution in [-0.2, 0) is 10.1 Å². The maximum absolute atomic E-state index is 9.64. The van der Waals surface area contributed by atoms with Gasteiger partial charge in [0.25, 0.3) is 10.1 Å². The van der Waals surface area contributed by atoms with Gasteiger partial charge in [-0.1, -0.05) is 0 Å². The van der Waals surface area contributed by atoms with Crippen molar-refractivity contribution in [2.24, 2.45) is 0 Å². The summed E-state index contributed by atoms with van der Waals surface area (Å²) in [5, 5.41) is 8.05. The fourth-order valence-corrected chi connectivity index (χ4v) is 0. The Morgan fingerprint density at radius 1 is 1.44 bits per heavy atom. The number of hydrogen-bond donors (Lipinski definition) is 2. The van der Waals surface area contributed by atoms with Crippen molar-refractivity contribution >= 4 is 52.1 Å². The van der Waals surface area contributed by atoms with Crippen molar-refractivity contribution in [3.8, 4) is 0 Å². The Morgan fingerprint density at radius 2 is 1.56 bits per heavy atom. The van der Waals surface area contributed by atoms with E-state index in [1.807, 2.05) is 0 Å². The van der Waals surface area contributed by atoms with Crippen molar-refractivity contribution in [1.82, 2.24) is 0 Å². The Hall–Kier alpha value is 1.16. The predicted octanol–water partition coefficient (Wildman–Crippen LogP) is -1.01. The summed E-state index contributed by atoms with van der Waals surface area (Å²) in [5.74, 6) is 0. The summed E-state index contributed by atoms with van der Waals surface area (Å²) in [7, 11) is -4.19. The average molecular weight is 187 g/mol. The summed E-state index contributed by atoms with van der Waals surface area (Å²) in [5.41, 5.74) is -1.67. The third kappa shape index (κ3) is 9.16. The van der Waals surface area contributed by atoms with Gasteiger partial charge in [-0.25, -0.2) is 0 Å². The number of rotatable bonds is 1. The normalized spacial score (nSPS) is 12.8. The standard InChI is InChI=1S/C2H6O4S.ClH.Na.H/c1-2(3)7(4,5)6;;;/h2-3H,1H3,(H,4,5,6);1H;;. The summed E-state index contributed by atoms with van der Waals surface area (Å²) in [6, 6.07) is 0. The molecule has 0 aliphatic carbocycles. The van der Waals surface area contributed by atoms with Crippen molar-refractivity contribution in [3.63, 3.8) is 0 Å². The van der Waals surface area contributed by atoms with Crippen LogP contribution in [0, 0.1) is 0 Å². The summed E-state index contributed by atoms with van der Waals surface area (Å²) in [4.78, 5) is 0. The molecule has 7 heteroatoms. The third-order valence-corrected chi connectivity index (χ3v) is 1.29. The minimum atomic E-state index is -4.19. The van der Waals surface area contributed by atoms with Gasteiger partial charge >= 0.3 is 29.6 Å². The zero-order chi connectivity index (χ0) is 6.08. The fraction of sp³-hybridized carbons (Fsp3) is 1.00. The van der Waals surface area contributed by atoms with E-state index in [2.05, 4.69) is 0 Å². The van der Waals surface area contributed by atoms with Gasteiger partial charge in [0.05, 0.1) is 0 Å². The first-order valence-electron chi connectivity index (χ1n) is 1.59.